The number of aromatic nitrogens is 2. The maximum atomic E-state index is 5.05. The molecule has 4 heteroatoms. The van der Waals surface area contributed by atoms with Crippen molar-refractivity contribution in [3.8, 4) is 0 Å². The van der Waals surface area contributed by atoms with E-state index in [1.165, 1.54) is 37.8 Å². The first-order chi connectivity index (χ1) is 9.29. The molecule has 1 saturated carbocycles. The number of rotatable bonds is 8. The van der Waals surface area contributed by atoms with E-state index in [-0.39, 0.29) is 0 Å². The average Bonchev–Trinajstić information content (AvgIpc) is 3.06. The molecule has 1 aromatic heterocycles. The summed E-state index contributed by atoms with van der Waals surface area (Å²) in [6, 6.07) is 0. The normalized spacial score (nSPS) is 18.0. The number of nitrogens with one attached hydrogen (secondary N) is 1. The quantitative estimate of drug-likeness (QED) is 0.734. The Balaban J connectivity index is 1.91. The zero-order chi connectivity index (χ0) is 13.6. The highest BCUT2D eigenvalue weighted by Crippen LogP contribution is 2.42. The second kappa shape index (κ2) is 7.06. The number of imidazole rings is 1. The fraction of sp³-hybridized carbons (Fsp3) is 0.800. The van der Waals surface area contributed by atoms with E-state index in [9.17, 15) is 0 Å². The van der Waals surface area contributed by atoms with Crippen molar-refractivity contribution in [2.24, 2.45) is 5.41 Å². The lowest BCUT2D eigenvalue weighted by Crippen LogP contribution is -2.25. The Kier molecular flexibility index (Phi) is 5.40. The number of methoxy groups -OCH3 is 1. The molecule has 1 fully saturated rings. The molecule has 0 saturated heterocycles. The Labute approximate surface area is 116 Å². The predicted octanol–water partition coefficient (Wildman–Crippen LogP) is 2.59. The summed E-state index contributed by atoms with van der Waals surface area (Å²) in [7, 11) is 1.73. The van der Waals surface area contributed by atoms with Gasteiger partial charge in [0, 0.05) is 32.9 Å². The first-order valence-corrected chi connectivity index (χ1v) is 7.48. The van der Waals surface area contributed by atoms with Crippen molar-refractivity contribution in [1.29, 1.82) is 0 Å². The van der Waals surface area contributed by atoms with E-state index in [1.54, 1.807) is 7.11 Å². The first-order valence-electron chi connectivity index (χ1n) is 7.48. The van der Waals surface area contributed by atoms with E-state index in [4.69, 9.17) is 4.74 Å². The smallest absolute Gasteiger partial charge is 0.0948 e. The molecule has 108 valence electrons. The molecule has 1 aromatic rings. The van der Waals surface area contributed by atoms with Gasteiger partial charge in [0.25, 0.3) is 0 Å². The average molecular weight is 265 g/mol. The lowest BCUT2D eigenvalue weighted by Gasteiger charge is -2.28. The van der Waals surface area contributed by atoms with Crippen molar-refractivity contribution in [3.05, 3.63) is 18.2 Å². The Hall–Kier alpha value is -0.870. The van der Waals surface area contributed by atoms with Gasteiger partial charge in [-0.25, -0.2) is 4.98 Å². The molecule has 2 rings (SSSR count). The number of hydrogen-bond acceptors (Lipinski definition) is 3. The van der Waals surface area contributed by atoms with Gasteiger partial charge in [-0.2, -0.15) is 0 Å². The molecule has 1 aliphatic rings. The molecule has 1 aliphatic carbocycles. The number of ether oxygens (including phenoxy) is 1. The second-order valence-electron chi connectivity index (χ2n) is 5.74. The molecule has 0 bridgehead atoms. The van der Waals surface area contributed by atoms with Crippen LogP contribution in [-0.4, -0.2) is 29.8 Å². The monoisotopic (exact) mass is 265 g/mol. The van der Waals surface area contributed by atoms with Gasteiger partial charge < -0.3 is 14.6 Å². The van der Waals surface area contributed by atoms with Crippen LogP contribution in [0.4, 0.5) is 0 Å². The Morgan fingerprint density at radius 1 is 1.42 bits per heavy atom. The van der Waals surface area contributed by atoms with Crippen molar-refractivity contribution in [1.82, 2.24) is 14.9 Å². The van der Waals surface area contributed by atoms with E-state index in [0.717, 1.165) is 26.2 Å². The lowest BCUT2D eigenvalue weighted by atomic mass is 9.83. The molecule has 0 aromatic carbocycles. The Morgan fingerprint density at radius 3 is 2.89 bits per heavy atom. The van der Waals surface area contributed by atoms with Crippen LogP contribution in [0.25, 0.3) is 0 Å². The number of nitrogens with zero attached hydrogens (tertiary/aromatic N) is 2. The van der Waals surface area contributed by atoms with Crippen molar-refractivity contribution < 1.29 is 4.74 Å². The summed E-state index contributed by atoms with van der Waals surface area (Å²) in [6.07, 6.45) is 10.8. The van der Waals surface area contributed by atoms with Crippen molar-refractivity contribution in [2.75, 3.05) is 20.3 Å². The van der Waals surface area contributed by atoms with Crippen molar-refractivity contribution >= 4 is 0 Å². The van der Waals surface area contributed by atoms with Gasteiger partial charge in [0.15, 0.2) is 0 Å². The molecule has 19 heavy (non-hydrogen) atoms. The Bertz CT molecular complexity index is 369. The summed E-state index contributed by atoms with van der Waals surface area (Å²) >= 11 is 0. The minimum absolute atomic E-state index is 0.516. The van der Waals surface area contributed by atoms with Gasteiger partial charge in [0.1, 0.15) is 0 Å². The van der Waals surface area contributed by atoms with Crippen LogP contribution < -0.4 is 5.32 Å². The van der Waals surface area contributed by atoms with Crippen LogP contribution in [0.1, 0.15) is 44.7 Å². The largest absolute Gasteiger partial charge is 0.383 e. The van der Waals surface area contributed by atoms with Gasteiger partial charge in [-0.3, -0.25) is 0 Å². The molecule has 0 unspecified atom stereocenters. The molecular weight excluding hydrogens is 238 g/mol. The number of hydrogen-bond donors (Lipinski definition) is 1. The third kappa shape index (κ3) is 3.80. The van der Waals surface area contributed by atoms with Gasteiger partial charge in [0.2, 0.25) is 0 Å². The van der Waals surface area contributed by atoms with Crippen LogP contribution in [-0.2, 0) is 17.8 Å². The third-order valence-electron chi connectivity index (χ3n) is 4.51. The summed E-state index contributed by atoms with van der Waals surface area (Å²) < 4.78 is 7.39. The zero-order valence-electron chi connectivity index (χ0n) is 12.3. The third-order valence-corrected chi connectivity index (χ3v) is 4.51. The minimum Gasteiger partial charge on any atom is -0.383 e. The molecule has 0 atom stereocenters. The minimum atomic E-state index is 0.516. The molecule has 0 amide bonds. The van der Waals surface area contributed by atoms with Gasteiger partial charge in [0.05, 0.1) is 18.6 Å². The maximum absolute atomic E-state index is 5.05. The first kappa shape index (κ1) is 14.5. The molecule has 1 N–H and O–H groups in total. The summed E-state index contributed by atoms with van der Waals surface area (Å²) in [5, 5.41) is 3.40. The second-order valence-corrected chi connectivity index (χ2v) is 5.74. The Morgan fingerprint density at radius 2 is 2.21 bits per heavy atom. The summed E-state index contributed by atoms with van der Waals surface area (Å²) in [5.41, 5.74) is 1.80. The highest BCUT2D eigenvalue weighted by molar-refractivity contribution is 5.00. The molecule has 1 heterocycles. The molecule has 0 aliphatic heterocycles. The van der Waals surface area contributed by atoms with Crippen LogP contribution in [0.15, 0.2) is 12.5 Å². The highest BCUT2D eigenvalue weighted by Gasteiger charge is 2.32. The molecular formula is C15H27N3O. The van der Waals surface area contributed by atoms with Crippen LogP contribution >= 0.6 is 0 Å². The summed E-state index contributed by atoms with van der Waals surface area (Å²) in [6.45, 7) is 5.99. The van der Waals surface area contributed by atoms with Crippen molar-refractivity contribution in [3.63, 3.8) is 0 Å². The fourth-order valence-electron chi connectivity index (χ4n) is 3.14. The van der Waals surface area contributed by atoms with Crippen LogP contribution in [0.3, 0.4) is 0 Å². The van der Waals surface area contributed by atoms with E-state index in [0.29, 0.717) is 5.41 Å². The summed E-state index contributed by atoms with van der Waals surface area (Å²) in [4.78, 5) is 4.32. The maximum Gasteiger partial charge on any atom is 0.0948 e. The lowest BCUT2D eigenvalue weighted by molar-refractivity contribution is 0.198. The SMILES string of the molecule is CCC1(Cn2cncc2CNCCOC)CCCC1. The summed E-state index contributed by atoms with van der Waals surface area (Å²) in [5.74, 6) is 0. The topological polar surface area (TPSA) is 39.1 Å². The molecule has 0 spiro atoms. The van der Waals surface area contributed by atoms with Crippen molar-refractivity contribution in [2.45, 2.75) is 52.1 Å². The van der Waals surface area contributed by atoms with Crippen LogP contribution in [0.2, 0.25) is 0 Å². The van der Waals surface area contributed by atoms with E-state index in [2.05, 4.69) is 21.8 Å². The van der Waals surface area contributed by atoms with E-state index in [1.807, 2.05) is 12.5 Å². The van der Waals surface area contributed by atoms with Gasteiger partial charge >= 0.3 is 0 Å². The van der Waals surface area contributed by atoms with Gasteiger partial charge in [-0.1, -0.05) is 19.8 Å². The van der Waals surface area contributed by atoms with Gasteiger partial charge in [-0.05, 0) is 24.7 Å². The van der Waals surface area contributed by atoms with E-state index >= 15 is 0 Å². The highest BCUT2D eigenvalue weighted by atomic mass is 16.5. The zero-order valence-corrected chi connectivity index (χ0v) is 12.3. The standard InChI is InChI=1S/C15H27N3O/c1-3-15(6-4-5-7-15)12-18-13-17-11-14(18)10-16-8-9-19-2/h11,13,16H,3-10,12H2,1-2H3. The predicted molar refractivity (Wildman–Crippen MR) is 77.0 cm³/mol. The van der Waals surface area contributed by atoms with E-state index < -0.39 is 0 Å². The van der Waals surface area contributed by atoms with Gasteiger partial charge in [-0.15, -0.1) is 0 Å². The van der Waals surface area contributed by atoms with Crippen LogP contribution in [0.5, 0.6) is 0 Å². The molecule has 4 nitrogen and oxygen atoms in total. The molecule has 0 radical (unpaired) electrons. The van der Waals surface area contributed by atoms with Crippen LogP contribution in [0, 0.1) is 5.41 Å². The fourth-order valence-corrected chi connectivity index (χ4v) is 3.14.